The summed E-state index contributed by atoms with van der Waals surface area (Å²) in [4.78, 5) is 34.4. The molecule has 3 aliphatic rings. The Morgan fingerprint density at radius 3 is 2.81 bits per heavy atom. The van der Waals surface area contributed by atoms with Crippen LogP contribution in [-0.2, 0) is 4.74 Å². The predicted octanol–water partition coefficient (Wildman–Crippen LogP) is 5.04. The topological polar surface area (TPSA) is 118 Å². The first-order valence-electron chi connectivity index (χ1n) is 13.0. The SMILES string of the molecule is O=C1NC2CC(Nc3nc(-c4ccnc5[nH]c6ccccc6c45)nc4cncc(C5CCC5)c34)CC2O1. The Kier molecular flexibility index (Phi) is 4.44. The zero-order valence-corrected chi connectivity index (χ0v) is 20.1. The molecule has 1 amide bonds. The highest BCUT2D eigenvalue weighted by Gasteiger charge is 2.43. The van der Waals surface area contributed by atoms with Crippen LogP contribution in [0.3, 0.4) is 0 Å². The molecule has 1 saturated heterocycles. The van der Waals surface area contributed by atoms with E-state index in [4.69, 9.17) is 14.7 Å². The fourth-order valence-corrected chi connectivity index (χ4v) is 6.23. The van der Waals surface area contributed by atoms with Gasteiger partial charge in [-0.25, -0.2) is 19.7 Å². The highest BCUT2D eigenvalue weighted by Crippen LogP contribution is 2.42. The molecule has 3 N–H and O–H groups in total. The number of alkyl carbamates (subject to hydrolysis) is 1. The fourth-order valence-electron chi connectivity index (χ4n) is 6.23. The molecule has 5 aromatic rings. The summed E-state index contributed by atoms with van der Waals surface area (Å²) in [6, 6.07) is 10.4. The number of amides is 1. The summed E-state index contributed by atoms with van der Waals surface area (Å²) in [6.07, 6.45) is 10.3. The maximum atomic E-state index is 11.6. The quantitative estimate of drug-likeness (QED) is 0.322. The second-order valence-electron chi connectivity index (χ2n) is 10.4. The van der Waals surface area contributed by atoms with Crippen molar-refractivity contribution in [1.29, 1.82) is 0 Å². The van der Waals surface area contributed by atoms with E-state index in [0.717, 1.165) is 69.9 Å². The van der Waals surface area contributed by atoms with E-state index in [1.54, 1.807) is 6.20 Å². The van der Waals surface area contributed by atoms with Crippen LogP contribution in [0.5, 0.6) is 0 Å². The van der Waals surface area contributed by atoms with Gasteiger partial charge < -0.3 is 20.4 Å². The number of para-hydroxylation sites is 1. The van der Waals surface area contributed by atoms with Gasteiger partial charge in [0.1, 0.15) is 17.6 Å². The number of hydrogen-bond donors (Lipinski definition) is 3. The average molecular weight is 492 g/mol. The standard InChI is InChI=1S/C28H25N7O2/c36-28-34-20-10-15(11-22(20)37-28)31-27-24-18(14-4-3-5-14)12-29-13-21(24)33-25(35-27)17-8-9-30-26-23(17)16-6-1-2-7-19(16)32-26/h1-2,6-9,12-15,20,22H,3-5,10-11H2,(H,30,32)(H,34,36)(H,31,33,35). The summed E-state index contributed by atoms with van der Waals surface area (Å²) < 4.78 is 5.46. The summed E-state index contributed by atoms with van der Waals surface area (Å²) in [5, 5.41) is 9.82. The summed E-state index contributed by atoms with van der Waals surface area (Å²) in [7, 11) is 0. The number of aromatic amines is 1. The molecule has 4 aromatic heterocycles. The molecule has 1 aliphatic heterocycles. The van der Waals surface area contributed by atoms with E-state index in [0.29, 0.717) is 11.7 Å². The van der Waals surface area contributed by atoms with Gasteiger partial charge in [-0.3, -0.25) is 4.98 Å². The normalized spacial score (nSPS) is 23.2. The van der Waals surface area contributed by atoms with Crippen molar-refractivity contribution in [2.24, 2.45) is 0 Å². The maximum Gasteiger partial charge on any atom is 0.407 e. The second-order valence-corrected chi connectivity index (χ2v) is 10.4. The molecule has 0 radical (unpaired) electrons. The lowest BCUT2D eigenvalue weighted by atomic mass is 9.79. The molecule has 3 unspecified atom stereocenters. The molecule has 2 saturated carbocycles. The van der Waals surface area contributed by atoms with Crippen LogP contribution < -0.4 is 10.6 Å². The molecule has 3 atom stereocenters. The van der Waals surface area contributed by atoms with Crippen LogP contribution in [0.4, 0.5) is 10.6 Å². The molecule has 2 aliphatic carbocycles. The van der Waals surface area contributed by atoms with Crippen molar-refractivity contribution in [1.82, 2.24) is 30.2 Å². The Morgan fingerprint density at radius 1 is 1.03 bits per heavy atom. The van der Waals surface area contributed by atoms with Gasteiger partial charge >= 0.3 is 6.09 Å². The number of fused-ring (bicyclic) bond motifs is 5. The monoisotopic (exact) mass is 491 g/mol. The molecule has 8 rings (SSSR count). The van der Waals surface area contributed by atoms with Crippen molar-refractivity contribution in [2.45, 2.75) is 56.2 Å². The Morgan fingerprint density at radius 2 is 1.95 bits per heavy atom. The van der Waals surface area contributed by atoms with E-state index >= 15 is 0 Å². The molecule has 0 bridgehead atoms. The maximum absolute atomic E-state index is 11.6. The summed E-state index contributed by atoms with van der Waals surface area (Å²) >= 11 is 0. The number of nitrogens with one attached hydrogen (secondary N) is 3. The Balaban J connectivity index is 1.30. The number of aromatic nitrogens is 5. The number of hydrogen-bond acceptors (Lipinski definition) is 7. The van der Waals surface area contributed by atoms with Crippen molar-refractivity contribution in [3.05, 3.63) is 54.5 Å². The minimum Gasteiger partial charge on any atom is -0.444 e. The zero-order valence-electron chi connectivity index (χ0n) is 20.1. The number of ether oxygens (including phenoxy) is 1. The van der Waals surface area contributed by atoms with Crippen LogP contribution in [0.25, 0.3) is 44.2 Å². The number of nitrogens with zero attached hydrogens (tertiary/aromatic N) is 4. The van der Waals surface area contributed by atoms with Gasteiger partial charge in [0.15, 0.2) is 5.82 Å². The van der Waals surface area contributed by atoms with E-state index in [9.17, 15) is 4.79 Å². The number of H-pyrrole nitrogens is 1. The summed E-state index contributed by atoms with van der Waals surface area (Å²) in [5.41, 5.74) is 4.83. The van der Waals surface area contributed by atoms with Crippen LogP contribution >= 0.6 is 0 Å². The molecule has 3 fully saturated rings. The molecule has 37 heavy (non-hydrogen) atoms. The third-order valence-corrected chi connectivity index (χ3v) is 8.23. The number of rotatable bonds is 4. The van der Waals surface area contributed by atoms with Gasteiger partial charge in [-0.1, -0.05) is 24.6 Å². The number of pyridine rings is 2. The Labute approximate surface area is 212 Å². The first-order chi connectivity index (χ1) is 18.2. The van der Waals surface area contributed by atoms with E-state index in [-0.39, 0.29) is 24.3 Å². The van der Waals surface area contributed by atoms with Crippen molar-refractivity contribution >= 4 is 44.8 Å². The smallest absolute Gasteiger partial charge is 0.407 e. The van der Waals surface area contributed by atoms with Crippen LogP contribution in [-0.4, -0.2) is 49.2 Å². The van der Waals surface area contributed by atoms with Crippen LogP contribution in [0, 0.1) is 0 Å². The molecular formula is C28H25N7O2. The molecule has 0 spiro atoms. The van der Waals surface area contributed by atoms with E-state index in [1.165, 1.54) is 12.0 Å². The van der Waals surface area contributed by atoms with Gasteiger partial charge in [-0.15, -0.1) is 0 Å². The lowest BCUT2D eigenvalue weighted by Gasteiger charge is -2.27. The number of anilines is 1. The molecule has 1 aromatic carbocycles. The Bertz CT molecular complexity index is 1690. The number of benzene rings is 1. The third-order valence-electron chi connectivity index (χ3n) is 8.23. The van der Waals surface area contributed by atoms with Crippen LogP contribution in [0.2, 0.25) is 0 Å². The minimum atomic E-state index is -0.318. The van der Waals surface area contributed by atoms with Crippen molar-refractivity contribution < 1.29 is 9.53 Å². The first kappa shape index (κ1) is 20.9. The highest BCUT2D eigenvalue weighted by atomic mass is 16.6. The van der Waals surface area contributed by atoms with Crippen LogP contribution in [0.1, 0.15) is 43.6 Å². The molecule has 9 heteroatoms. The number of carbonyl (C=O) groups is 1. The van der Waals surface area contributed by atoms with Crippen molar-refractivity contribution in [2.75, 3.05) is 5.32 Å². The highest BCUT2D eigenvalue weighted by molar-refractivity contribution is 6.12. The Hall–Kier alpha value is -4.27. The van der Waals surface area contributed by atoms with E-state index in [1.807, 2.05) is 30.6 Å². The summed E-state index contributed by atoms with van der Waals surface area (Å²) in [6.45, 7) is 0. The predicted molar refractivity (Wildman–Crippen MR) is 140 cm³/mol. The number of carbonyl (C=O) groups excluding carboxylic acids is 1. The average Bonchev–Trinajstić information content (AvgIpc) is 3.53. The zero-order chi connectivity index (χ0) is 24.5. The van der Waals surface area contributed by atoms with Gasteiger partial charge in [0.05, 0.1) is 17.8 Å². The van der Waals surface area contributed by atoms with Gasteiger partial charge in [-0.2, -0.15) is 0 Å². The minimum absolute atomic E-state index is 0.0383. The van der Waals surface area contributed by atoms with Gasteiger partial charge in [0.2, 0.25) is 0 Å². The second kappa shape index (κ2) is 7.86. The van der Waals surface area contributed by atoms with Gasteiger partial charge in [0, 0.05) is 52.1 Å². The van der Waals surface area contributed by atoms with Gasteiger partial charge in [-0.05, 0) is 42.9 Å². The largest absolute Gasteiger partial charge is 0.444 e. The van der Waals surface area contributed by atoms with Crippen LogP contribution in [0.15, 0.2) is 48.9 Å². The molecule has 9 nitrogen and oxygen atoms in total. The molecular weight excluding hydrogens is 466 g/mol. The lowest BCUT2D eigenvalue weighted by Crippen LogP contribution is -2.28. The van der Waals surface area contributed by atoms with Crippen molar-refractivity contribution in [3.63, 3.8) is 0 Å². The van der Waals surface area contributed by atoms with Gasteiger partial charge in [0.25, 0.3) is 0 Å². The molecule has 184 valence electrons. The lowest BCUT2D eigenvalue weighted by molar-refractivity contribution is 0.136. The van der Waals surface area contributed by atoms with Crippen molar-refractivity contribution in [3.8, 4) is 11.4 Å². The summed E-state index contributed by atoms with van der Waals surface area (Å²) in [5.74, 6) is 1.95. The van der Waals surface area contributed by atoms with E-state index in [2.05, 4.69) is 37.7 Å². The van der Waals surface area contributed by atoms with E-state index < -0.39 is 0 Å². The third kappa shape index (κ3) is 3.26. The fraction of sp³-hybridized carbons (Fsp3) is 0.321. The first-order valence-corrected chi connectivity index (χ1v) is 13.0. The molecule has 5 heterocycles.